The smallest absolute Gasteiger partial charge is 0.103 e. The van der Waals surface area contributed by atoms with Crippen LogP contribution >= 0.6 is 0 Å². The van der Waals surface area contributed by atoms with Crippen molar-refractivity contribution < 1.29 is 14.6 Å². The fraction of sp³-hybridized carbons (Fsp3) is 1.00. The first-order valence-corrected chi connectivity index (χ1v) is 6.01. The lowest BCUT2D eigenvalue weighted by atomic mass is 9.99. The van der Waals surface area contributed by atoms with Crippen LogP contribution in [-0.4, -0.2) is 42.7 Å². The predicted octanol–water partition coefficient (Wildman–Crippen LogP) is 0.918. The van der Waals surface area contributed by atoms with E-state index in [0.29, 0.717) is 25.7 Å². The molecule has 16 heavy (non-hydrogen) atoms. The summed E-state index contributed by atoms with van der Waals surface area (Å²) < 4.78 is 10.9. The molecular formula is C12H25NO3. The van der Waals surface area contributed by atoms with Crippen LogP contribution in [0.25, 0.3) is 0 Å². The molecule has 1 rings (SSSR count). The molecule has 0 aliphatic heterocycles. The van der Waals surface area contributed by atoms with E-state index in [1.54, 1.807) is 0 Å². The van der Waals surface area contributed by atoms with E-state index in [1.807, 2.05) is 20.8 Å². The molecule has 3 N–H and O–H groups in total. The molecule has 1 fully saturated rings. The lowest BCUT2D eigenvalue weighted by Crippen LogP contribution is -2.44. The van der Waals surface area contributed by atoms with Gasteiger partial charge in [-0.3, -0.25) is 0 Å². The van der Waals surface area contributed by atoms with E-state index in [-0.39, 0.29) is 12.1 Å². The zero-order valence-electron chi connectivity index (χ0n) is 10.7. The highest BCUT2D eigenvalue weighted by atomic mass is 16.5. The van der Waals surface area contributed by atoms with Gasteiger partial charge in [-0.1, -0.05) is 0 Å². The Morgan fingerprint density at radius 2 is 1.88 bits per heavy atom. The van der Waals surface area contributed by atoms with Crippen molar-refractivity contribution >= 4 is 0 Å². The van der Waals surface area contributed by atoms with E-state index >= 15 is 0 Å². The Balaban J connectivity index is 2.10. The third-order valence-electron chi connectivity index (χ3n) is 2.81. The van der Waals surface area contributed by atoms with E-state index in [4.69, 9.17) is 15.2 Å². The van der Waals surface area contributed by atoms with E-state index in [2.05, 4.69) is 0 Å². The lowest BCUT2D eigenvalue weighted by molar-refractivity contribution is -0.0818. The van der Waals surface area contributed by atoms with Gasteiger partial charge in [-0.05, 0) is 39.5 Å². The maximum atomic E-state index is 10.1. The van der Waals surface area contributed by atoms with Crippen LogP contribution in [0.3, 0.4) is 0 Å². The molecule has 0 heterocycles. The van der Waals surface area contributed by atoms with Crippen molar-refractivity contribution in [2.75, 3.05) is 26.4 Å². The molecule has 0 aromatic carbocycles. The van der Waals surface area contributed by atoms with Crippen LogP contribution in [0.2, 0.25) is 0 Å². The van der Waals surface area contributed by atoms with E-state index < -0.39 is 5.60 Å². The van der Waals surface area contributed by atoms with Crippen molar-refractivity contribution in [3.8, 4) is 0 Å². The second-order valence-electron chi connectivity index (χ2n) is 5.60. The highest BCUT2D eigenvalue weighted by Gasteiger charge is 2.42. The van der Waals surface area contributed by atoms with Crippen molar-refractivity contribution in [1.29, 1.82) is 0 Å². The molecule has 1 aliphatic carbocycles. The lowest BCUT2D eigenvalue weighted by Gasteiger charge is -2.26. The van der Waals surface area contributed by atoms with Gasteiger partial charge in [-0.2, -0.15) is 0 Å². The molecule has 0 bridgehead atoms. The van der Waals surface area contributed by atoms with Gasteiger partial charge in [0.05, 0.1) is 25.4 Å². The van der Waals surface area contributed by atoms with Crippen LogP contribution in [0.4, 0.5) is 0 Å². The van der Waals surface area contributed by atoms with Crippen molar-refractivity contribution in [1.82, 2.24) is 0 Å². The van der Waals surface area contributed by atoms with E-state index in [9.17, 15) is 5.11 Å². The summed E-state index contributed by atoms with van der Waals surface area (Å²) >= 11 is 0. The molecule has 1 saturated carbocycles. The minimum Gasteiger partial charge on any atom is -0.386 e. The highest BCUT2D eigenvalue weighted by Crippen LogP contribution is 2.39. The van der Waals surface area contributed by atoms with Crippen molar-refractivity contribution in [2.24, 2.45) is 11.7 Å². The summed E-state index contributed by atoms with van der Waals surface area (Å²) in [7, 11) is 0. The first-order valence-electron chi connectivity index (χ1n) is 6.01. The minimum atomic E-state index is -0.818. The molecule has 96 valence electrons. The summed E-state index contributed by atoms with van der Waals surface area (Å²) in [4.78, 5) is 0. The molecule has 0 radical (unpaired) electrons. The van der Waals surface area contributed by atoms with Gasteiger partial charge >= 0.3 is 0 Å². The van der Waals surface area contributed by atoms with Gasteiger partial charge < -0.3 is 20.3 Å². The predicted molar refractivity (Wildman–Crippen MR) is 63.3 cm³/mol. The SMILES string of the molecule is CC(C)(C)OCCOCC(O)(CN)C1CC1. The number of aliphatic hydroxyl groups is 1. The first kappa shape index (κ1) is 13.9. The molecule has 1 unspecified atom stereocenters. The summed E-state index contributed by atoms with van der Waals surface area (Å²) in [5.74, 6) is 0.334. The second kappa shape index (κ2) is 5.45. The molecular weight excluding hydrogens is 206 g/mol. The molecule has 0 aromatic heterocycles. The fourth-order valence-corrected chi connectivity index (χ4v) is 1.62. The number of hydrogen-bond acceptors (Lipinski definition) is 4. The van der Waals surface area contributed by atoms with E-state index in [0.717, 1.165) is 12.8 Å². The van der Waals surface area contributed by atoms with E-state index in [1.165, 1.54) is 0 Å². The van der Waals surface area contributed by atoms with Crippen LogP contribution in [0.5, 0.6) is 0 Å². The van der Waals surface area contributed by atoms with Crippen LogP contribution in [0.15, 0.2) is 0 Å². The quantitative estimate of drug-likeness (QED) is 0.639. The largest absolute Gasteiger partial charge is 0.386 e. The van der Waals surface area contributed by atoms with Gasteiger partial charge in [0.15, 0.2) is 0 Å². The topological polar surface area (TPSA) is 64.7 Å². The van der Waals surface area contributed by atoms with Gasteiger partial charge in [0, 0.05) is 6.54 Å². The van der Waals surface area contributed by atoms with Crippen molar-refractivity contribution in [3.05, 3.63) is 0 Å². The summed E-state index contributed by atoms with van der Waals surface area (Å²) in [5, 5.41) is 10.1. The summed E-state index contributed by atoms with van der Waals surface area (Å²) in [6.45, 7) is 7.68. The van der Waals surface area contributed by atoms with Crippen LogP contribution in [-0.2, 0) is 9.47 Å². The van der Waals surface area contributed by atoms with Gasteiger partial charge in [-0.15, -0.1) is 0 Å². The normalized spacial score (nSPS) is 20.8. The Labute approximate surface area is 98.1 Å². The Morgan fingerprint density at radius 3 is 2.31 bits per heavy atom. The Hall–Kier alpha value is -0.160. The van der Waals surface area contributed by atoms with Gasteiger partial charge in [0.1, 0.15) is 5.60 Å². The third-order valence-corrected chi connectivity index (χ3v) is 2.81. The van der Waals surface area contributed by atoms with Crippen LogP contribution in [0.1, 0.15) is 33.6 Å². The zero-order chi connectivity index (χ0) is 12.2. The van der Waals surface area contributed by atoms with Gasteiger partial charge in [0.2, 0.25) is 0 Å². The summed E-state index contributed by atoms with van der Waals surface area (Å²) in [6, 6.07) is 0. The molecule has 0 spiro atoms. The Bertz CT molecular complexity index is 211. The molecule has 4 heteroatoms. The second-order valence-corrected chi connectivity index (χ2v) is 5.60. The standard InChI is InChI=1S/C12H25NO3/c1-11(2,3)16-7-6-15-9-12(14,8-13)10-4-5-10/h10,14H,4-9,13H2,1-3H3. The Morgan fingerprint density at radius 1 is 1.25 bits per heavy atom. The molecule has 1 aliphatic rings. The third kappa shape index (κ3) is 4.78. The van der Waals surface area contributed by atoms with Crippen molar-refractivity contribution in [3.63, 3.8) is 0 Å². The molecule has 0 amide bonds. The number of ether oxygens (including phenoxy) is 2. The fourth-order valence-electron chi connectivity index (χ4n) is 1.62. The molecule has 4 nitrogen and oxygen atoms in total. The Kier molecular flexibility index (Phi) is 4.73. The highest BCUT2D eigenvalue weighted by molar-refractivity contribution is 4.95. The average molecular weight is 231 g/mol. The first-order chi connectivity index (χ1) is 7.37. The maximum Gasteiger partial charge on any atom is 0.103 e. The van der Waals surface area contributed by atoms with Crippen molar-refractivity contribution in [2.45, 2.75) is 44.8 Å². The monoisotopic (exact) mass is 231 g/mol. The zero-order valence-corrected chi connectivity index (χ0v) is 10.7. The van der Waals surface area contributed by atoms with Crippen LogP contribution < -0.4 is 5.73 Å². The van der Waals surface area contributed by atoms with Crippen LogP contribution in [0, 0.1) is 5.92 Å². The molecule has 0 aromatic rings. The summed E-state index contributed by atoms with van der Waals surface area (Å²) in [6.07, 6.45) is 2.13. The number of nitrogens with two attached hydrogens (primary N) is 1. The minimum absolute atomic E-state index is 0.135. The van der Waals surface area contributed by atoms with Gasteiger partial charge in [-0.25, -0.2) is 0 Å². The average Bonchev–Trinajstić information content (AvgIpc) is 2.98. The summed E-state index contributed by atoms with van der Waals surface area (Å²) in [5.41, 5.74) is 4.62. The number of rotatable bonds is 7. The number of hydrogen-bond donors (Lipinski definition) is 2. The molecule has 0 saturated heterocycles. The molecule has 1 atom stereocenters. The maximum absolute atomic E-state index is 10.1. The van der Waals surface area contributed by atoms with Gasteiger partial charge in [0.25, 0.3) is 0 Å².